The van der Waals surface area contributed by atoms with Crippen molar-refractivity contribution in [1.82, 2.24) is 5.32 Å². The summed E-state index contributed by atoms with van der Waals surface area (Å²) >= 11 is 0. The minimum atomic E-state index is -0.583. The largest absolute Gasteiger partial charge is 0.481 e. The van der Waals surface area contributed by atoms with Gasteiger partial charge in [-0.05, 0) is 37.5 Å². The van der Waals surface area contributed by atoms with E-state index in [0.29, 0.717) is 12.5 Å². The first-order chi connectivity index (χ1) is 6.72. The molecule has 4 rings (SSSR count). The van der Waals surface area contributed by atoms with E-state index in [1.807, 2.05) is 0 Å². The van der Waals surface area contributed by atoms with Crippen LogP contribution < -0.4 is 5.32 Å². The molecule has 1 aliphatic heterocycles. The third kappa shape index (κ3) is 0.937. The lowest BCUT2D eigenvalue weighted by Crippen LogP contribution is -2.51. The number of carboxylic acids is 1. The molecule has 1 heterocycles. The average molecular weight is 195 g/mol. The Balaban J connectivity index is 1.89. The fourth-order valence-electron chi connectivity index (χ4n) is 3.92. The highest BCUT2D eigenvalue weighted by molar-refractivity contribution is 5.72. The van der Waals surface area contributed by atoms with Crippen molar-refractivity contribution in [1.29, 1.82) is 0 Å². The predicted molar refractivity (Wildman–Crippen MR) is 51.9 cm³/mol. The Hall–Kier alpha value is -0.570. The van der Waals surface area contributed by atoms with Crippen molar-refractivity contribution in [2.45, 2.75) is 25.7 Å². The smallest absolute Gasteiger partial charge is 0.308 e. The van der Waals surface area contributed by atoms with Gasteiger partial charge in [0.05, 0.1) is 5.92 Å². The standard InChI is InChI=1S/C11H17NO2/c13-10(14)9-5-12-6-11(9)2-1-7-3-8(11)4-7/h7-9,12H,1-6H2,(H,13,14). The van der Waals surface area contributed by atoms with Gasteiger partial charge in [-0.25, -0.2) is 0 Å². The van der Waals surface area contributed by atoms with Gasteiger partial charge in [0.25, 0.3) is 0 Å². The SMILES string of the molecule is O=C(O)C1CNCC12CCC1CC2C1. The van der Waals surface area contributed by atoms with Crippen LogP contribution in [0.5, 0.6) is 0 Å². The summed E-state index contributed by atoms with van der Waals surface area (Å²) in [5.41, 5.74) is 0.126. The molecule has 3 nitrogen and oxygen atoms in total. The molecule has 0 aromatic heterocycles. The molecule has 78 valence electrons. The van der Waals surface area contributed by atoms with E-state index in [9.17, 15) is 9.90 Å². The predicted octanol–water partition coefficient (Wildman–Crippen LogP) is 1.10. The van der Waals surface area contributed by atoms with Crippen molar-refractivity contribution in [2.24, 2.45) is 23.2 Å². The maximum Gasteiger partial charge on any atom is 0.308 e. The first kappa shape index (κ1) is 8.72. The third-order valence-corrected chi connectivity index (χ3v) is 4.86. The van der Waals surface area contributed by atoms with E-state index in [-0.39, 0.29) is 11.3 Å². The van der Waals surface area contributed by atoms with Crippen LogP contribution in [0.15, 0.2) is 0 Å². The Morgan fingerprint density at radius 1 is 1.43 bits per heavy atom. The second-order valence-electron chi connectivity index (χ2n) is 5.33. The molecule has 3 heteroatoms. The van der Waals surface area contributed by atoms with Crippen molar-refractivity contribution < 1.29 is 9.90 Å². The van der Waals surface area contributed by atoms with Crippen LogP contribution in [-0.2, 0) is 4.79 Å². The summed E-state index contributed by atoms with van der Waals surface area (Å²) in [7, 11) is 0. The molecule has 0 aromatic carbocycles. The van der Waals surface area contributed by atoms with E-state index in [2.05, 4.69) is 5.32 Å². The number of hydrogen-bond acceptors (Lipinski definition) is 2. The fourth-order valence-corrected chi connectivity index (χ4v) is 3.92. The van der Waals surface area contributed by atoms with Crippen LogP contribution in [0.1, 0.15) is 25.7 Å². The van der Waals surface area contributed by atoms with Gasteiger partial charge in [0.15, 0.2) is 0 Å². The van der Waals surface area contributed by atoms with Gasteiger partial charge < -0.3 is 10.4 Å². The molecule has 0 radical (unpaired) electrons. The van der Waals surface area contributed by atoms with Crippen LogP contribution >= 0.6 is 0 Å². The molecule has 2 unspecified atom stereocenters. The summed E-state index contributed by atoms with van der Waals surface area (Å²) in [6.07, 6.45) is 5.01. The Morgan fingerprint density at radius 3 is 2.79 bits per heavy atom. The summed E-state index contributed by atoms with van der Waals surface area (Å²) in [5.74, 6) is 0.937. The molecule has 0 aromatic rings. The van der Waals surface area contributed by atoms with Crippen molar-refractivity contribution in [3.05, 3.63) is 0 Å². The molecule has 0 amide bonds. The number of fused-ring (bicyclic) bond motifs is 1. The number of nitrogens with one attached hydrogen (secondary N) is 1. The highest BCUT2D eigenvalue weighted by atomic mass is 16.4. The molecular weight excluding hydrogens is 178 g/mol. The van der Waals surface area contributed by atoms with Crippen molar-refractivity contribution in [2.75, 3.05) is 13.1 Å². The number of carboxylic acid groups (broad SMARTS) is 1. The van der Waals surface area contributed by atoms with E-state index in [1.54, 1.807) is 0 Å². The summed E-state index contributed by atoms with van der Waals surface area (Å²) in [6.45, 7) is 1.64. The Labute approximate surface area is 83.9 Å². The quantitative estimate of drug-likeness (QED) is 0.658. The van der Waals surface area contributed by atoms with E-state index in [1.165, 1.54) is 19.3 Å². The lowest BCUT2D eigenvalue weighted by molar-refractivity contribution is -0.151. The Morgan fingerprint density at radius 2 is 2.21 bits per heavy atom. The van der Waals surface area contributed by atoms with E-state index < -0.39 is 5.97 Å². The van der Waals surface area contributed by atoms with Gasteiger partial charge in [0, 0.05) is 18.5 Å². The zero-order valence-electron chi connectivity index (χ0n) is 8.33. The summed E-state index contributed by atoms with van der Waals surface area (Å²) in [5, 5.41) is 12.5. The monoisotopic (exact) mass is 195 g/mol. The lowest BCUT2D eigenvalue weighted by Gasteiger charge is -2.54. The highest BCUT2D eigenvalue weighted by Crippen LogP contribution is 2.59. The van der Waals surface area contributed by atoms with Crippen LogP contribution in [0.3, 0.4) is 0 Å². The van der Waals surface area contributed by atoms with Gasteiger partial charge in [-0.15, -0.1) is 0 Å². The van der Waals surface area contributed by atoms with Gasteiger partial charge in [-0.1, -0.05) is 0 Å². The minimum Gasteiger partial charge on any atom is -0.481 e. The molecule has 1 spiro atoms. The Bertz CT molecular complexity index is 270. The van der Waals surface area contributed by atoms with E-state index in [4.69, 9.17) is 0 Å². The number of aliphatic carboxylic acids is 1. The maximum atomic E-state index is 11.2. The molecule has 2 N–H and O–H groups in total. The van der Waals surface area contributed by atoms with Crippen LogP contribution in [0.2, 0.25) is 0 Å². The first-order valence-corrected chi connectivity index (χ1v) is 5.66. The number of hydrogen-bond donors (Lipinski definition) is 2. The molecule has 4 fully saturated rings. The second-order valence-corrected chi connectivity index (χ2v) is 5.33. The second kappa shape index (κ2) is 2.72. The van der Waals surface area contributed by atoms with Gasteiger partial charge in [-0.3, -0.25) is 4.79 Å². The average Bonchev–Trinajstić information content (AvgIpc) is 2.47. The fraction of sp³-hybridized carbons (Fsp3) is 0.909. The highest BCUT2D eigenvalue weighted by Gasteiger charge is 2.58. The van der Waals surface area contributed by atoms with Gasteiger partial charge >= 0.3 is 5.97 Å². The molecular formula is C11H17NO2. The number of rotatable bonds is 1. The molecule has 4 aliphatic rings. The third-order valence-electron chi connectivity index (χ3n) is 4.86. The summed E-state index contributed by atoms with van der Waals surface area (Å²) in [4.78, 5) is 11.2. The summed E-state index contributed by atoms with van der Waals surface area (Å²) in [6, 6.07) is 0. The molecule has 1 saturated heterocycles. The summed E-state index contributed by atoms with van der Waals surface area (Å²) < 4.78 is 0. The molecule has 3 aliphatic carbocycles. The lowest BCUT2D eigenvalue weighted by atomic mass is 9.49. The van der Waals surface area contributed by atoms with Crippen LogP contribution in [0.4, 0.5) is 0 Å². The molecule has 14 heavy (non-hydrogen) atoms. The van der Waals surface area contributed by atoms with Crippen molar-refractivity contribution in [3.63, 3.8) is 0 Å². The topological polar surface area (TPSA) is 49.3 Å². The Kier molecular flexibility index (Phi) is 1.69. The zero-order valence-corrected chi connectivity index (χ0v) is 8.33. The van der Waals surface area contributed by atoms with Crippen molar-refractivity contribution in [3.8, 4) is 0 Å². The molecule has 2 atom stereocenters. The van der Waals surface area contributed by atoms with Crippen LogP contribution in [0.25, 0.3) is 0 Å². The van der Waals surface area contributed by atoms with Crippen LogP contribution in [0, 0.1) is 23.2 Å². The maximum absolute atomic E-state index is 11.2. The number of carbonyl (C=O) groups is 1. The van der Waals surface area contributed by atoms with Gasteiger partial charge in [-0.2, -0.15) is 0 Å². The van der Waals surface area contributed by atoms with Gasteiger partial charge in [0.1, 0.15) is 0 Å². The van der Waals surface area contributed by atoms with E-state index in [0.717, 1.165) is 18.9 Å². The van der Waals surface area contributed by atoms with Crippen LogP contribution in [-0.4, -0.2) is 24.2 Å². The zero-order chi connectivity index (χ0) is 9.76. The van der Waals surface area contributed by atoms with E-state index >= 15 is 0 Å². The normalized spacial score (nSPS) is 50.4. The van der Waals surface area contributed by atoms with Gasteiger partial charge in [0.2, 0.25) is 0 Å². The molecule has 2 bridgehead atoms. The first-order valence-electron chi connectivity index (χ1n) is 5.66. The molecule has 3 saturated carbocycles. The van der Waals surface area contributed by atoms with Crippen molar-refractivity contribution >= 4 is 5.97 Å². The minimum absolute atomic E-state index is 0.117.